The van der Waals surface area contributed by atoms with Crippen LogP contribution in [-0.4, -0.2) is 15.7 Å². The van der Waals surface area contributed by atoms with Gasteiger partial charge in [-0.15, -0.1) is 0 Å². The van der Waals surface area contributed by atoms with E-state index in [1.165, 1.54) is 0 Å². The van der Waals surface area contributed by atoms with Crippen LogP contribution in [0.15, 0.2) is 16.9 Å². The maximum Gasteiger partial charge on any atom is 0.259 e. The molecule has 0 radical (unpaired) electrons. The minimum absolute atomic E-state index is 0.146. The first-order chi connectivity index (χ1) is 9.54. The fourth-order valence-electron chi connectivity index (χ4n) is 2.20. The summed E-state index contributed by atoms with van der Waals surface area (Å²) >= 11 is 0. The van der Waals surface area contributed by atoms with Gasteiger partial charge >= 0.3 is 0 Å². The van der Waals surface area contributed by atoms with Crippen molar-refractivity contribution in [2.75, 3.05) is 5.32 Å². The number of carbonyl (C=O) groups excluding carboxylic acids is 1. The molecule has 0 saturated heterocycles. The summed E-state index contributed by atoms with van der Waals surface area (Å²) in [5.74, 6) is 0.489. The van der Waals surface area contributed by atoms with Crippen molar-refractivity contribution >= 4 is 11.6 Å². The first kappa shape index (κ1) is 14.4. The van der Waals surface area contributed by atoms with Crippen LogP contribution in [0, 0.1) is 20.8 Å². The zero-order valence-electron chi connectivity index (χ0n) is 12.5. The van der Waals surface area contributed by atoms with Gasteiger partial charge in [0.05, 0.1) is 29.4 Å². The van der Waals surface area contributed by atoms with Crippen LogP contribution in [0.1, 0.15) is 47.1 Å². The number of hydrogen-bond acceptors (Lipinski definition) is 3. The van der Waals surface area contributed by atoms with E-state index in [1.54, 1.807) is 19.4 Å². The van der Waals surface area contributed by atoms with Crippen molar-refractivity contribution in [2.24, 2.45) is 0 Å². The van der Waals surface area contributed by atoms with Crippen molar-refractivity contribution in [1.29, 1.82) is 0 Å². The number of aromatic nitrogens is 2. The summed E-state index contributed by atoms with van der Waals surface area (Å²) < 4.78 is 7.19. The van der Waals surface area contributed by atoms with Crippen LogP contribution < -0.4 is 5.32 Å². The largest absolute Gasteiger partial charge is 0.469 e. The SMILES string of the molecule is CCCCn1ncc(NC(=O)c2c(C)coc2C)c1C. The van der Waals surface area contributed by atoms with Gasteiger partial charge in [-0.05, 0) is 27.2 Å². The standard InChI is InChI=1S/C15H21N3O2/c1-5-6-7-18-11(3)13(8-16-18)17-15(19)14-10(2)9-20-12(14)4/h8-9H,5-7H2,1-4H3,(H,17,19). The number of unbranched alkanes of at least 4 members (excludes halogenated alkanes) is 1. The monoisotopic (exact) mass is 275 g/mol. The Kier molecular flexibility index (Phi) is 4.27. The maximum absolute atomic E-state index is 12.3. The number of amides is 1. The molecule has 5 heteroatoms. The fraction of sp³-hybridized carbons (Fsp3) is 0.467. The van der Waals surface area contributed by atoms with Gasteiger partial charge in [-0.1, -0.05) is 13.3 Å². The number of aryl methyl sites for hydroxylation is 3. The van der Waals surface area contributed by atoms with Gasteiger partial charge < -0.3 is 9.73 Å². The minimum atomic E-state index is -0.146. The second-order valence-corrected chi connectivity index (χ2v) is 5.02. The van der Waals surface area contributed by atoms with Gasteiger partial charge in [0.15, 0.2) is 0 Å². The Balaban J connectivity index is 2.14. The Labute approximate surface area is 119 Å². The van der Waals surface area contributed by atoms with Crippen LogP contribution in [0.2, 0.25) is 0 Å². The average molecular weight is 275 g/mol. The lowest BCUT2D eigenvalue weighted by atomic mass is 10.1. The van der Waals surface area contributed by atoms with E-state index in [0.717, 1.165) is 36.3 Å². The molecule has 20 heavy (non-hydrogen) atoms. The first-order valence-electron chi connectivity index (χ1n) is 6.93. The van der Waals surface area contributed by atoms with Crippen molar-refractivity contribution in [1.82, 2.24) is 9.78 Å². The van der Waals surface area contributed by atoms with Crippen LogP contribution in [0.3, 0.4) is 0 Å². The average Bonchev–Trinajstić information content (AvgIpc) is 2.92. The molecule has 2 heterocycles. The van der Waals surface area contributed by atoms with Gasteiger partial charge in [0.1, 0.15) is 5.76 Å². The minimum Gasteiger partial charge on any atom is -0.469 e. The van der Waals surface area contributed by atoms with E-state index < -0.39 is 0 Å². The molecule has 0 unspecified atom stereocenters. The molecule has 2 rings (SSSR count). The molecule has 1 amide bonds. The molecular weight excluding hydrogens is 254 g/mol. The van der Waals surface area contributed by atoms with Gasteiger partial charge in [0.25, 0.3) is 5.91 Å². The van der Waals surface area contributed by atoms with Gasteiger partial charge in [-0.25, -0.2) is 0 Å². The number of rotatable bonds is 5. The molecule has 0 saturated carbocycles. The summed E-state index contributed by atoms with van der Waals surface area (Å²) in [6.45, 7) is 8.64. The summed E-state index contributed by atoms with van der Waals surface area (Å²) in [5, 5.41) is 7.22. The van der Waals surface area contributed by atoms with E-state index in [0.29, 0.717) is 11.3 Å². The molecule has 2 aromatic heterocycles. The summed E-state index contributed by atoms with van der Waals surface area (Å²) in [7, 11) is 0. The summed E-state index contributed by atoms with van der Waals surface area (Å²) in [6, 6.07) is 0. The fourth-order valence-corrected chi connectivity index (χ4v) is 2.20. The van der Waals surface area contributed by atoms with Crippen LogP contribution in [-0.2, 0) is 6.54 Å². The predicted octanol–water partition coefficient (Wildman–Crippen LogP) is 3.45. The van der Waals surface area contributed by atoms with E-state index in [9.17, 15) is 4.79 Å². The third-order valence-electron chi connectivity index (χ3n) is 3.46. The van der Waals surface area contributed by atoms with E-state index in [-0.39, 0.29) is 5.91 Å². The summed E-state index contributed by atoms with van der Waals surface area (Å²) in [4.78, 5) is 12.3. The lowest BCUT2D eigenvalue weighted by molar-refractivity contribution is 0.102. The topological polar surface area (TPSA) is 60.1 Å². The molecule has 2 aromatic rings. The van der Waals surface area contributed by atoms with Crippen LogP contribution in [0.5, 0.6) is 0 Å². The molecule has 0 spiro atoms. The predicted molar refractivity (Wildman–Crippen MR) is 78.0 cm³/mol. The van der Waals surface area contributed by atoms with Crippen LogP contribution in [0.25, 0.3) is 0 Å². The number of hydrogen-bond donors (Lipinski definition) is 1. The van der Waals surface area contributed by atoms with Crippen molar-refractivity contribution < 1.29 is 9.21 Å². The lowest BCUT2D eigenvalue weighted by Crippen LogP contribution is -2.14. The second kappa shape index (κ2) is 5.94. The Hall–Kier alpha value is -2.04. The van der Waals surface area contributed by atoms with Crippen molar-refractivity contribution in [2.45, 2.75) is 47.1 Å². The van der Waals surface area contributed by atoms with Crippen LogP contribution in [0.4, 0.5) is 5.69 Å². The Morgan fingerprint density at radius 1 is 1.40 bits per heavy atom. The molecule has 0 aliphatic heterocycles. The van der Waals surface area contributed by atoms with E-state index in [1.807, 2.05) is 18.5 Å². The Bertz CT molecular complexity index is 591. The Morgan fingerprint density at radius 3 is 2.75 bits per heavy atom. The molecule has 108 valence electrons. The highest BCUT2D eigenvalue weighted by Gasteiger charge is 2.17. The number of carbonyl (C=O) groups is 1. The van der Waals surface area contributed by atoms with Crippen molar-refractivity contribution in [3.8, 4) is 0 Å². The van der Waals surface area contributed by atoms with E-state index >= 15 is 0 Å². The summed E-state index contributed by atoms with van der Waals surface area (Å²) in [5.41, 5.74) is 3.18. The second-order valence-electron chi connectivity index (χ2n) is 5.02. The molecule has 5 nitrogen and oxygen atoms in total. The molecule has 0 bridgehead atoms. The smallest absolute Gasteiger partial charge is 0.259 e. The van der Waals surface area contributed by atoms with E-state index in [4.69, 9.17) is 4.42 Å². The maximum atomic E-state index is 12.3. The van der Waals surface area contributed by atoms with Crippen molar-refractivity contribution in [3.05, 3.63) is 35.0 Å². The normalized spacial score (nSPS) is 10.8. The van der Waals surface area contributed by atoms with E-state index in [2.05, 4.69) is 17.3 Å². The third-order valence-corrected chi connectivity index (χ3v) is 3.46. The van der Waals surface area contributed by atoms with Crippen molar-refractivity contribution in [3.63, 3.8) is 0 Å². The highest BCUT2D eigenvalue weighted by molar-refractivity contribution is 6.06. The molecule has 0 atom stereocenters. The zero-order chi connectivity index (χ0) is 14.7. The molecule has 0 aliphatic rings. The third kappa shape index (κ3) is 2.76. The molecule has 0 aliphatic carbocycles. The first-order valence-corrected chi connectivity index (χ1v) is 6.93. The van der Waals surface area contributed by atoms with Gasteiger partial charge in [-0.3, -0.25) is 9.48 Å². The zero-order valence-corrected chi connectivity index (χ0v) is 12.5. The Morgan fingerprint density at radius 2 is 2.15 bits per heavy atom. The lowest BCUT2D eigenvalue weighted by Gasteiger charge is -2.06. The van der Waals surface area contributed by atoms with Gasteiger partial charge in [-0.2, -0.15) is 5.10 Å². The van der Waals surface area contributed by atoms with Gasteiger partial charge in [0, 0.05) is 12.1 Å². The molecule has 0 fully saturated rings. The molecule has 1 N–H and O–H groups in total. The molecule has 0 aromatic carbocycles. The molecular formula is C15H21N3O2. The number of nitrogens with one attached hydrogen (secondary N) is 1. The quantitative estimate of drug-likeness (QED) is 0.909. The number of furan rings is 1. The van der Waals surface area contributed by atoms with Gasteiger partial charge in [0.2, 0.25) is 0 Å². The highest BCUT2D eigenvalue weighted by Crippen LogP contribution is 2.20. The van der Waals surface area contributed by atoms with Crippen LogP contribution >= 0.6 is 0 Å². The number of anilines is 1. The summed E-state index contributed by atoms with van der Waals surface area (Å²) in [6.07, 6.45) is 5.50. The number of nitrogens with zero attached hydrogens (tertiary/aromatic N) is 2. The highest BCUT2D eigenvalue weighted by atomic mass is 16.3.